The third kappa shape index (κ3) is 2.77. The van der Waals surface area contributed by atoms with E-state index in [1.54, 1.807) is 6.20 Å². The standard InChI is InChI=1S/C21H18N6O/c1-27(2)18-11-16(15-6-3-4-8-17(15)24-18)21-25-19(28-26-21)10-13-12-23-20-14(13)7-5-9-22-20/h3-9,11-12H,10H2,1-2H3,(H,22,23). The number of pyridine rings is 2. The second-order valence-electron chi connectivity index (χ2n) is 6.84. The highest BCUT2D eigenvalue weighted by Gasteiger charge is 2.16. The minimum absolute atomic E-state index is 0.544. The highest BCUT2D eigenvalue weighted by atomic mass is 16.5. The molecule has 0 bridgehead atoms. The molecule has 138 valence electrons. The monoisotopic (exact) mass is 370 g/mol. The van der Waals surface area contributed by atoms with Crippen molar-refractivity contribution in [2.45, 2.75) is 6.42 Å². The minimum atomic E-state index is 0.544. The fourth-order valence-electron chi connectivity index (χ4n) is 3.33. The Morgan fingerprint density at radius 1 is 1.04 bits per heavy atom. The molecule has 0 aliphatic rings. The molecule has 28 heavy (non-hydrogen) atoms. The summed E-state index contributed by atoms with van der Waals surface area (Å²) in [4.78, 5) is 18.8. The Balaban J connectivity index is 1.56. The van der Waals surface area contributed by atoms with Crippen molar-refractivity contribution in [2.75, 3.05) is 19.0 Å². The van der Waals surface area contributed by atoms with Gasteiger partial charge in [0.05, 0.1) is 11.9 Å². The van der Waals surface area contributed by atoms with Crippen LogP contribution in [0.2, 0.25) is 0 Å². The molecule has 5 aromatic rings. The fourth-order valence-corrected chi connectivity index (χ4v) is 3.33. The average Bonchev–Trinajstić information content (AvgIpc) is 3.35. The van der Waals surface area contributed by atoms with Gasteiger partial charge in [0.1, 0.15) is 11.5 Å². The van der Waals surface area contributed by atoms with E-state index in [1.165, 1.54) is 0 Å². The van der Waals surface area contributed by atoms with Crippen LogP contribution in [-0.4, -0.2) is 39.2 Å². The summed E-state index contributed by atoms with van der Waals surface area (Å²) in [5.41, 5.74) is 3.74. The predicted octanol–water partition coefficient (Wildman–Crippen LogP) is 3.82. The zero-order chi connectivity index (χ0) is 19.1. The topological polar surface area (TPSA) is 83.7 Å². The highest BCUT2D eigenvalue weighted by Crippen LogP contribution is 2.29. The molecule has 0 saturated carbocycles. The van der Waals surface area contributed by atoms with E-state index in [2.05, 4.69) is 20.1 Å². The number of hydrogen-bond acceptors (Lipinski definition) is 6. The fraction of sp³-hybridized carbons (Fsp3) is 0.143. The number of para-hydroxylation sites is 1. The van der Waals surface area contributed by atoms with Gasteiger partial charge in [-0.2, -0.15) is 4.98 Å². The molecule has 4 heterocycles. The number of nitrogens with zero attached hydrogens (tertiary/aromatic N) is 5. The first-order valence-electron chi connectivity index (χ1n) is 9.00. The van der Waals surface area contributed by atoms with Gasteiger partial charge in [-0.05, 0) is 29.8 Å². The van der Waals surface area contributed by atoms with Crippen LogP contribution < -0.4 is 4.90 Å². The van der Waals surface area contributed by atoms with Gasteiger partial charge in [0.25, 0.3) is 0 Å². The van der Waals surface area contributed by atoms with E-state index in [0.29, 0.717) is 18.1 Å². The Kier molecular flexibility index (Phi) is 3.79. The number of benzene rings is 1. The molecule has 0 aliphatic carbocycles. The zero-order valence-corrected chi connectivity index (χ0v) is 15.5. The molecule has 7 nitrogen and oxygen atoms in total. The number of hydrogen-bond donors (Lipinski definition) is 1. The summed E-state index contributed by atoms with van der Waals surface area (Å²) < 4.78 is 5.56. The van der Waals surface area contributed by atoms with Gasteiger partial charge in [-0.1, -0.05) is 23.4 Å². The molecule has 0 spiro atoms. The Morgan fingerprint density at radius 3 is 2.79 bits per heavy atom. The number of nitrogens with one attached hydrogen (secondary N) is 1. The Labute approximate surface area is 161 Å². The first kappa shape index (κ1) is 16.4. The lowest BCUT2D eigenvalue weighted by Crippen LogP contribution is -2.10. The molecule has 0 unspecified atom stereocenters. The second kappa shape index (κ2) is 6.45. The SMILES string of the molecule is CN(C)c1cc(-c2noc(Cc3c[nH]c4ncccc34)n2)c2ccccc2n1. The molecule has 0 saturated heterocycles. The van der Waals surface area contributed by atoms with E-state index >= 15 is 0 Å². The van der Waals surface area contributed by atoms with E-state index < -0.39 is 0 Å². The summed E-state index contributed by atoms with van der Waals surface area (Å²) in [5.74, 6) is 1.98. The summed E-state index contributed by atoms with van der Waals surface area (Å²) in [6, 6.07) is 13.9. The van der Waals surface area contributed by atoms with Gasteiger partial charge < -0.3 is 14.4 Å². The van der Waals surface area contributed by atoms with Gasteiger partial charge >= 0.3 is 0 Å². The molecular weight excluding hydrogens is 352 g/mol. The smallest absolute Gasteiger partial charge is 0.231 e. The van der Waals surface area contributed by atoms with Gasteiger partial charge in [0.15, 0.2) is 0 Å². The van der Waals surface area contributed by atoms with Crippen molar-refractivity contribution >= 4 is 27.8 Å². The highest BCUT2D eigenvalue weighted by molar-refractivity contribution is 5.94. The third-order valence-electron chi connectivity index (χ3n) is 4.75. The molecule has 0 fully saturated rings. The van der Waals surface area contributed by atoms with Crippen molar-refractivity contribution in [3.63, 3.8) is 0 Å². The van der Waals surface area contributed by atoms with Crippen molar-refractivity contribution < 1.29 is 4.52 Å². The summed E-state index contributed by atoms with van der Waals surface area (Å²) in [6.07, 6.45) is 4.25. The molecule has 7 heteroatoms. The first-order chi connectivity index (χ1) is 13.7. The zero-order valence-electron chi connectivity index (χ0n) is 15.5. The van der Waals surface area contributed by atoms with Crippen LogP contribution in [-0.2, 0) is 6.42 Å². The van der Waals surface area contributed by atoms with Crippen LogP contribution in [0.15, 0.2) is 59.4 Å². The quantitative estimate of drug-likeness (QED) is 0.518. The molecule has 1 aromatic carbocycles. The van der Waals surface area contributed by atoms with Crippen LogP contribution >= 0.6 is 0 Å². The van der Waals surface area contributed by atoms with Crippen molar-refractivity contribution in [3.05, 3.63) is 66.3 Å². The Morgan fingerprint density at radius 2 is 1.89 bits per heavy atom. The number of anilines is 1. The second-order valence-corrected chi connectivity index (χ2v) is 6.84. The molecule has 0 aliphatic heterocycles. The summed E-state index contributed by atoms with van der Waals surface area (Å²) >= 11 is 0. The summed E-state index contributed by atoms with van der Waals surface area (Å²) in [6.45, 7) is 0. The van der Waals surface area contributed by atoms with Gasteiger partial charge in [-0.25, -0.2) is 9.97 Å². The molecule has 5 rings (SSSR count). The normalized spacial score (nSPS) is 11.4. The Hall–Kier alpha value is -3.74. The van der Waals surface area contributed by atoms with E-state index in [-0.39, 0.29) is 0 Å². The summed E-state index contributed by atoms with van der Waals surface area (Å²) in [7, 11) is 3.93. The van der Waals surface area contributed by atoms with Gasteiger partial charge in [0.2, 0.25) is 11.7 Å². The lowest BCUT2D eigenvalue weighted by atomic mass is 10.1. The minimum Gasteiger partial charge on any atom is -0.363 e. The molecule has 1 N–H and O–H groups in total. The number of aromatic nitrogens is 5. The molecule has 4 aromatic heterocycles. The van der Waals surface area contributed by atoms with Crippen LogP contribution in [0.3, 0.4) is 0 Å². The van der Waals surface area contributed by atoms with Crippen LogP contribution in [0, 0.1) is 0 Å². The van der Waals surface area contributed by atoms with E-state index in [9.17, 15) is 0 Å². The molecule has 0 amide bonds. The maximum absolute atomic E-state index is 5.56. The third-order valence-corrected chi connectivity index (χ3v) is 4.75. The average molecular weight is 370 g/mol. The number of fused-ring (bicyclic) bond motifs is 2. The van der Waals surface area contributed by atoms with E-state index in [0.717, 1.165) is 38.9 Å². The Bertz CT molecular complexity index is 1290. The first-order valence-corrected chi connectivity index (χ1v) is 9.00. The lowest BCUT2D eigenvalue weighted by molar-refractivity contribution is 0.386. The molecular formula is C21H18N6O. The van der Waals surface area contributed by atoms with E-state index in [4.69, 9.17) is 9.51 Å². The van der Waals surface area contributed by atoms with Gasteiger partial charge in [0, 0.05) is 42.8 Å². The van der Waals surface area contributed by atoms with Crippen molar-refractivity contribution in [3.8, 4) is 11.4 Å². The number of rotatable bonds is 4. The van der Waals surface area contributed by atoms with E-state index in [1.807, 2.05) is 67.7 Å². The van der Waals surface area contributed by atoms with Crippen molar-refractivity contribution in [1.29, 1.82) is 0 Å². The van der Waals surface area contributed by atoms with Crippen LogP contribution in [0.1, 0.15) is 11.5 Å². The maximum atomic E-state index is 5.56. The lowest BCUT2D eigenvalue weighted by Gasteiger charge is -2.13. The number of aromatic amines is 1. The molecule has 0 atom stereocenters. The predicted molar refractivity (Wildman–Crippen MR) is 108 cm³/mol. The number of H-pyrrole nitrogens is 1. The molecule has 0 radical (unpaired) electrons. The van der Waals surface area contributed by atoms with Gasteiger partial charge in [-0.15, -0.1) is 0 Å². The van der Waals surface area contributed by atoms with Crippen LogP contribution in [0.4, 0.5) is 5.82 Å². The van der Waals surface area contributed by atoms with Crippen LogP contribution in [0.25, 0.3) is 33.3 Å². The van der Waals surface area contributed by atoms with Crippen molar-refractivity contribution in [2.24, 2.45) is 0 Å². The largest absolute Gasteiger partial charge is 0.363 e. The van der Waals surface area contributed by atoms with Crippen molar-refractivity contribution in [1.82, 2.24) is 25.1 Å². The van der Waals surface area contributed by atoms with Crippen LogP contribution in [0.5, 0.6) is 0 Å². The summed E-state index contributed by atoms with van der Waals surface area (Å²) in [5, 5.41) is 6.30. The maximum Gasteiger partial charge on any atom is 0.231 e. The van der Waals surface area contributed by atoms with Gasteiger partial charge in [-0.3, -0.25) is 0 Å².